The number of anilines is 1. The molecular formula is C19H15Cl2NO4. The van der Waals surface area contributed by atoms with Gasteiger partial charge in [-0.25, -0.2) is 0 Å². The second kappa shape index (κ2) is 8.17. The minimum absolute atomic E-state index is 0.162. The predicted molar refractivity (Wildman–Crippen MR) is 100 cm³/mol. The summed E-state index contributed by atoms with van der Waals surface area (Å²) in [5, 5.41) is 3.47. The number of para-hydroxylation sites is 2. The van der Waals surface area contributed by atoms with E-state index in [1.54, 1.807) is 49.6 Å². The van der Waals surface area contributed by atoms with E-state index in [4.69, 9.17) is 37.1 Å². The summed E-state index contributed by atoms with van der Waals surface area (Å²) in [7, 11) is 1.57. The molecule has 2 aromatic carbocycles. The van der Waals surface area contributed by atoms with Crippen molar-refractivity contribution in [1.29, 1.82) is 0 Å². The Morgan fingerprint density at radius 1 is 1.04 bits per heavy atom. The maximum Gasteiger partial charge on any atom is 0.291 e. The number of rotatable bonds is 6. The summed E-state index contributed by atoms with van der Waals surface area (Å²) >= 11 is 11.8. The smallest absolute Gasteiger partial charge is 0.291 e. The van der Waals surface area contributed by atoms with Gasteiger partial charge in [-0.05, 0) is 42.5 Å². The fraction of sp³-hybridized carbons (Fsp3) is 0.105. The number of benzene rings is 2. The van der Waals surface area contributed by atoms with E-state index in [-0.39, 0.29) is 12.4 Å². The number of nitrogens with one attached hydrogen (secondary N) is 1. The molecule has 0 aliphatic heterocycles. The van der Waals surface area contributed by atoms with Crippen molar-refractivity contribution in [2.75, 3.05) is 12.4 Å². The number of amides is 1. The lowest BCUT2D eigenvalue weighted by Gasteiger charge is -2.08. The first-order valence-electron chi connectivity index (χ1n) is 7.68. The van der Waals surface area contributed by atoms with E-state index in [9.17, 15) is 4.79 Å². The van der Waals surface area contributed by atoms with Crippen LogP contribution in [0.5, 0.6) is 11.5 Å². The molecule has 0 saturated heterocycles. The highest BCUT2D eigenvalue weighted by molar-refractivity contribution is 6.42. The first kappa shape index (κ1) is 18.2. The molecule has 3 aromatic rings. The summed E-state index contributed by atoms with van der Waals surface area (Å²) < 4.78 is 16.4. The van der Waals surface area contributed by atoms with Gasteiger partial charge in [0, 0.05) is 5.69 Å². The van der Waals surface area contributed by atoms with Crippen LogP contribution in [-0.4, -0.2) is 13.0 Å². The van der Waals surface area contributed by atoms with Gasteiger partial charge in [0.25, 0.3) is 5.91 Å². The maximum atomic E-state index is 12.3. The van der Waals surface area contributed by atoms with Crippen LogP contribution in [-0.2, 0) is 6.61 Å². The van der Waals surface area contributed by atoms with Gasteiger partial charge in [-0.15, -0.1) is 0 Å². The summed E-state index contributed by atoms with van der Waals surface area (Å²) in [4.78, 5) is 12.3. The SMILES string of the molecule is COc1ccccc1OCc1ccc(C(=O)Nc2ccc(Cl)c(Cl)c2)o1. The molecule has 1 aromatic heterocycles. The Morgan fingerprint density at radius 2 is 1.81 bits per heavy atom. The highest BCUT2D eigenvalue weighted by Crippen LogP contribution is 2.27. The van der Waals surface area contributed by atoms with Gasteiger partial charge in [0.05, 0.1) is 17.2 Å². The average Bonchev–Trinajstić information content (AvgIpc) is 3.12. The first-order valence-corrected chi connectivity index (χ1v) is 8.43. The Bertz CT molecular complexity index is 923. The minimum Gasteiger partial charge on any atom is -0.493 e. The fourth-order valence-electron chi connectivity index (χ4n) is 2.23. The molecule has 0 bridgehead atoms. The van der Waals surface area contributed by atoms with Crippen LogP contribution in [0.15, 0.2) is 59.0 Å². The minimum atomic E-state index is -0.396. The van der Waals surface area contributed by atoms with Gasteiger partial charge < -0.3 is 19.2 Å². The molecule has 0 spiro atoms. The molecule has 5 nitrogen and oxygen atoms in total. The highest BCUT2D eigenvalue weighted by Gasteiger charge is 2.13. The van der Waals surface area contributed by atoms with E-state index >= 15 is 0 Å². The maximum absolute atomic E-state index is 12.3. The molecule has 1 N–H and O–H groups in total. The molecular weight excluding hydrogens is 377 g/mol. The number of carbonyl (C=O) groups is 1. The van der Waals surface area contributed by atoms with Crippen LogP contribution < -0.4 is 14.8 Å². The van der Waals surface area contributed by atoms with Crippen LogP contribution in [0.4, 0.5) is 5.69 Å². The van der Waals surface area contributed by atoms with Crippen molar-refractivity contribution in [2.24, 2.45) is 0 Å². The van der Waals surface area contributed by atoms with E-state index in [1.807, 2.05) is 12.1 Å². The van der Waals surface area contributed by atoms with E-state index in [2.05, 4.69) is 5.32 Å². The van der Waals surface area contributed by atoms with E-state index in [0.29, 0.717) is 33.0 Å². The van der Waals surface area contributed by atoms with Crippen LogP contribution in [0, 0.1) is 0 Å². The van der Waals surface area contributed by atoms with Crippen molar-refractivity contribution in [2.45, 2.75) is 6.61 Å². The number of furan rings is 1. The Labute approximate surface area is 160 Å². The highest BCUT2D eigenvalue weighted by atomic mass is 35.5. The van der Waals surface area contributed by atoms with Crippen molar-refractivity contribution in [3.05, 3.63) is 76.2 Å². The second-order valence-electron chi connectivity index (χ2n) is 5.29. The van der Waals surface area contributed by atoms with E-state index < -0.39 is 5.91 Å². The number of hydrogen-bond acceptors (Lipinski definition) is 4. The van der Waals surface area contributed by atoms with Crippen molar-refractivity contribution in [1.82, 2.24) is 0 Å². The molecule has 0 saturated carbocycles. The molecule has 0 aliphatic carbocycles. The van der Waals surface area contributed by atoms with Gasteiger partial charge in [-0.1, -0.05) is 35.3 Å². The van der Waals surface area contributed by atoms with Gasteiger partial charge in [-0.3, -0.25) is 4.79 Å². The quantitative estimate of drug-likeness (QED) is 0.608. The molecule has 0 atom stereocenters. The van der Waals surface area contributed by atoms with Crippen LogP contribution in [0.2, 0.25) is 10.0 Å². The van der Waals surface area contributed by atoms with Gasteiger partial charge in [-0.2, -0.15) is 0 Å². The van der Waals surface area contributed by atoms with Gasteiger partial charge in [0.2, 0.25) is 0 Å². The monoisotopic (exact) mass is 391 g/mol. The second-order valence-corrected chi connectivity index (χ2v) is 6.10. The molecule has 1 amide bonds. The Balaban J connectivity index is 1.63. The fourth-order valence-corrected chi connectivity index (χ4v) is 2.53. The number of halogens is 2. The largest absolute Gasteiger partial charge is 0.493 e. The summed E-state index contributed by atoms with van der Waals surface area (Å²) in [5.41, 5.74) is 0.521. The molecule has 134 valence electrons. The third-order valence-corrected chi connectivity index (χ3v) is 4.24. The number of methoxy groups -OCH3 is 1. The molecule has 0 fully saturated rings. The lowest BCUT2D eigenvalue weighted by atomic mass is 10.3. The predicted octanol–water partition coefficient (Wildman–Crippen LogP) is 5.43. The number of ether oxygens (including phenoxy) is 2. The molecule has 0 unspecified atom stereocenters. The van der Waals surface area contributed by atoms with E-state index in [0.717, 1.165) is 0 Å². The molecule has 0 radical (unpaired) electrons. The Kier molecular flexibility index (Phi) is 5.71. The third kappa shape index (κ3) is 4.31. The molecule has 3 rings (SSSR count). The van der Waals surface area contributed by atoms with Crippen LogP contribution in [0.1, 0.15) is 16.3 Å². The van der Waals surface area contributed by atoms with Gasteiger partial charge >= 0.3 is 0 Å². The van der Waals surface area contributed by atoms with E-state index in [1.165, 1.54) is 0 Å². The zero-order valence-corrected chi connectivity index (χ0v) is 15.3. The zero-order chi connectivity index (χ0) is 18.5. The molecule has 0 aliphatic rings. The normalized spacial score (nSPS) is 10.4. The Hall–Kier alpha value is -2.63. The number of carbonyl (C=O) groups excluding carboxylic acids is 1. The van der Waals surface area contributed by atoms with Crippen LogP contribution >= 0.6 is 23.2 Å². The van der Waals surface area contributed by atoms with Crippen LogP contribution in [0.25, 0.3) is 0 Å². The first-order chi connectivity index (χ1) is 12.6. The summed E-state index contributed by atoms with van der Waals surface area (Å²) in [5.74, 6) is 1.49. The lowest BCUT2D eigenvalue weighted by molar-refractivity contribution is 0.0992. The van der Waals surface area contributed by atoms with Crippen molar-refractivity contribution < 1.29 is 18.7 Å². The topological polar surface area (TPSA) is 60.7 Å². The summed E-state index contributed by atoms with van der Waals surface area (Å²) in [6.45, 7) is 0.167. The molecule has 1 heterocycles. The van der Waals surface area contributed by atoms with Crippen LogP contribution in [0.3, 0.4) is 0 Å². The standard InChI is InChI=1S/C19H15Cl2NO4/c1-24-16-4-2-3-5-17(16)25-11-13-7-9-18(26-13)19(23)22-12-6-8-14(20)15(21)10-12/h2-10H,11H2,1H3,(H,22,23). The van der Waals surface area contributed by atoms with Crippen molar-refractivity contribution >= 4 is 34.8 Å². The molecule has 7 heteroatoms. The summed E-state index contributed by atoms with van der Waals surface area (Å²) in [6, 6.07) is 15.4. The average molecular weight is 392 g/mol. The number of hydrogen-bond donors (Lipinski definition) is 1. The zero-order valence-electron chi connectivity index (χ0n) is 13.8. The lowest BCUT2D eigenvalue weighted by Crippen LogP contribution is -2.10. The van der Waals surface area contributed by atoms with Crippen molar-refractivity contribution in [3.8, 4) is 11.5 Å². The Morgan fingerprint density at radius 3 is 2.54 bits per heavy atom. The summed E-state index contributed by atoms with van der Waals surface area (Å²) in [6.07, 6.45) is 0. The third-order valence-electron chi connectivity index (χ3n) is 3.50. The van der Waals surface area contributed by atoms with Crippen molar-refractivity contribution in [3.63, 3.8) is 0 Å². The van der Waals surface area contributed by atoms with Gasteiger partial charge in [0.1, 0.15) is 12.4 Å². The molecule has 26 heavy (non-hydrogen) atoms. The van der Waals surface area contributed by atoms with Gasteiger partial charge in [0.15, 0.2) is 17.3 Å².